The number of nitrogens with one attached hydrogen (secondary N) is 2. The zero-order valence-corrected chi connectivity index (χ0v) is 16.6. The number of pyridine rings is 1. The Bertz CT molecular complexity index is 1270. The Morgan fingerprint density at radius 1 is 1.13 bits per heavy atom. The average molecular weight is 402 g/mol. The minimum atomic E-state index is -0.271. The average Bonchev–Trinajstić information content (AvgIpc) is 3.23. The van der Waals surface area contributed by atoms with Gasteiger partial charge >= 0.3 is 0 Å². The molecule has 1 fully saturated rings. The van der Waals surface area contributed by atoms with Crippen LogP contribution in [0.15, 0.2) is 53.5 Å². The summed E-state index contributed by atoms with van der Waals surface area (Å²) in [4.78, 5) is 38.9. The lowest BCUT2D eigenvalue weighted by molar-refractivity contribution is 0.0710. The van der Waals surface area contributed by atoms with Crippen molar-refractivity contribution in [2.45, 2.75) is 18.8 Å². The number of carbonyl (C=O) groups excluding carboxylic acids is 1. The molecule has 2 aromatic carbocycles. The highest BCUT2D eigenvalue weighted by Crippen LogP contribution is 2.28. The molecule has 0 unspecified atom stereocenters. The van der Waals surface area contributed by atoms with Gasteiger partial charge in [0.2, 0.25) is 5.43 Å². The molecule has 1 aliphatic heterocycles. The number of carbonyl (C=O) groups is 1. The van der Waals surface area contributed by atoms with E-state index in [-0.39, 0.29) is 22.8 Å². The molecule has 1 saturated heterocycles. The molecule has 152 valence electrons. The van der Waals surface area contributed by atoms with Gasteiger partial charge in [0.15, 0.2) is 0 Å². The van der Waals surface area contributed by atoms with Crippen LogP contribution in [0.4, 0.5) is 0 Å². The van der Waals surface area contributed by atoms with Crippen LogP contribution in [-0.2, 0) is 0 Å². The summed E-state index contributed by atoms with van der Waals surface area (Å²) >= 11 is 0. The van der Waals surface area contributed by atoms with E-state index in [1.807, 2.05) is 24.3 Å². The van der Waals surface area contributed by atoms with Crippen molar-refractivity contribution in [2.75, 3.05) is 20.2 Å². The molecule has 30 heavy (non-hydrogen) atoms. The molecule has 0 spiro atoms. The summed E-state index contributed by atoms with van der Waals surface area (Å²) in [6.07, 6.45) is 3.12. The fourth-order valence-electron chi connectivity index (χ4n) is 4.25. The van der Waals surface area contributed by atoms with Crippen molar-refractivity contribution < 1.29 is 9.53 Å². The second-order valence-electron chi connectivity index (χ2n) is 7.62. The Kier molecular flexibility index (Phi) is 4.50. The van der Waals surface area contributed by atoms with Gasteiger partial charge in [-0.3, -0.25) is 9.59 Å². The van der Waals surface area contributed by atoms with Crippen LogP contribution in [0, 0.1) is 0 Å². The molecule has 4 aromatic rings. The van der Waals surface area contributed by atoms with Crippen LogP contribution < -0.4 is 10.2 Å². The summed E-state index contributed by atoms with van der Waals surface area (Å²) in [5, 5.41) is 0.456. The monoisotopic (exact) mass is 402 g/mol. The molecule has 0 aliphatic carbocycles. The van der Waals surface area contributed by atoms with Crippen molar-refractivity contribution in [2.24, 2.45) is 0 Å². The standard InChI is InChI=1S/C23H22N4O3/c1-30-19-8-4-5-15-20(19)24-13-16(21(15)28)23(29)27-11-9-14(10-12-27)22-25-17-6-2-3-7-18(17)26-22/h2-8,13-14H,9-12H2,1H3,(H,24,28)(H,25,26). The van der Waals surface area contributed by atoms with Crippen LogP contribution in [0.2, 0.25) is 0 Å². The van der Waals surface area contributed by atoms with E-state index in [4.69, 9.17) is 9.72 Å². The van der Waals surface area contributed by atoms with Crippen LogP contribution in [0.1, 0.15) is 34.9 Å². The van der Waals surface area contributed by atoms with E-state index in [1.54, 1.807) is 30.2 Å². The molecular weight excluding hydrogens is 380 g/mol. The molecule has 5 rings (SSSR count). The van der Waals surface area contributed by atoms with Gasteiger partial charge in [-0.15, -0.1) is 0 Å². The lowest BCUT2D eigenvalue weighted by Crippen LogP contribution is -2.40. The molecular formula is C23H22N4O3. The van der Waals surface area contributed by atoms with Gasteiger partial charge < -0.3 is 19.6 Å². The first-order valence-corrected chi connectivity index (χ1v) is 10.1. The molecule has 0 bridgehead atoms. The van der Waals surface area contributed by atoms with Crippen molar-refractivity contribution in [3.05, 3.63) is 70.3 Å². The summed E-state index contributed by atoms with van der Waals surface area (Å²) in [6.45, 7) is 1.19. The molecule has 2 N–H and O–H groups in total. The van der Waals surface area contributed by atoms with Gasteiger partial charge in [-0.05, 0) is 37.1 Å². The number of rotatable bonds is 3. The number of para-hydroxylation sites is 3. The number of amides is 1. The number of benzene rings is 2. The number of imidazole rings is 1. The van der Waals surface area contributed by atoms with Crippen LogP contribution in [0.5, 0.6) is 5.75 Å². The number of likely N-dealkylation sites (tertiary alicyclic amines) is 1. The largest absolute Gasteiger partial charge is 0.495 e. The summed E-state index contributed by atoms with van der Waals surface area (Å²) in [5.74, 6) is 1.60. The summed E-state index contributed by atoms with van der Waals surface area (Å²) in [5.41, 5.74) is 2.49. The predicted molar refractivity (Wildman–Crippen MR) is 115 cm³/mol. The summed E-state index contributed by atoms with van der Waals surface area (Å²) < 4.78 is 5.30. The van der Waals surface area contributed by atoms with E-state index in [1.165, 1.54) is 6.20 Å². The second kappa shape index (κ2) is 7.33. The van der Waals surface area contributed by atoms with E-state index >= 15 is 0 Å². The number of methoxy groups -OCH3 is 1. The minimum absolute atomic E-state index is 0.165. The molecule has 1 amide bonds. The van der Waals surface area contributed by atoms with Gasteiger partial charge in [-0.1, -0.05) is 18.2 Å². The Hall–Kier alpha value is -3.61. The normalized spacial score (nSPS) is 15.0. The van der Waals surface area contributed by atoms with Gasteiger partial charge in [-0.2, -0.15) is 0 Å². The lowest BCUT2D eigenvalue weighted by Gasteiger charge is -2.31. The first-order chi connectivity index (χ1) is 14.7. The van der Waals surface area contributed by atoms with E-state index in [9.17, 15) is 9.59 Å². The number of fused-ring (bicyclic) bond motifs is 2. The highest BCUT2D eigenvalue weighted by molar-refractivity contribution is 5.98. The number of ether oxygens (including phenoxy) is 1. The van der Waals surface area contributed by atoms with E-state index in [0.29, 0.717) is 29.7 Å². The molecule has 2 aromatic heterocycles. The SMILES string of the molecule is COc1cccc2c(=O)c(C(=O)N3CCC(c4nc5ccccc5[nH]4)CC3)c[nH]c12. The Morgan fingerprint density at radius 3 is 2.70 bits per heavy atom. The van der Waals surface area contributed by atoms with Crippen LogP contribution in [0.25, 0.3) is 21.9 Å². The maximum atomic E-state index is 13.1. The first kappa shape index (κ1) is 18.4. The Balaban J connectivity index is 1.35. The molecule has 7 nitrogen and oxygen atoms in total. The number of hydrogen-bond donors (Lipinski definition) is 2. The van der Waals surface area contributed by atoms with Crippen LogP contribution in [0.3, 0.4) is 0 Å². The van der Waals surface area contributed by atoms with E-state index in [2.05, 4.69) is 9.97 Å². The zero-order chi connectivity index (χ0) is 20.7. The van der Waals surface area contributed by atoms with Crippen molar-refractivity contribution >= 4 is 27.8 Å². The Morgan fingerprint density at radius 2 is 1.93 bits per heavy atom. The number of hydrogen-bond acceptors (Lipinski definition) is 4. The smallest absolute Gasteiger partial charge is 0.259 e. The molecule has 7 heteroatoms. The Labute approximate surface area is 172 Å². The lowest BCUT2D eigenvalue weighted by atomic mass is 9.95. The van der Waals surface area contributed by atoms with Gasteiger partial charge in [0.1, 0.15) is 17.1 Å². The summed E-state index contributed by atoms with van der Waals surface area (Å²) in [6, 6.07) is 13.2. The number of aromatic amines is 2. The maximum Gasteiger partial charge on any atom is 0.259 e. The van der Waals surface area contributed by atoms with Gasteiger partial charge in [-0.25, -0.2) is 4.98 Å². The third kappa shape index (κ3) is 3.03. The molecule has 0 saturated carbocycles. The predicted octanol–water partition coefficient (Wildman–Crippen LogP) is 3.43. The third-order valence-corrected chi connectivity index (χ3v) is 5.90. The molecule has 0 radical (unpaired) electrons. The van der Waals surface area contributed by atoms with Crippen molar-refractivity contribution in [1.82, 2.24) is 19.9 Å². The maximum absolute atomic E-state index is 13.1. The molecule has 0 atom stereocenters. The first-order valence-electron chi connectivity index (χ1n) is 10.1. The summed E-state index contributed by atoms with van der Waals surface area (Å²) in [7, 11) is 1.55. The number of nitrogens with zero attached hydrogens (tertiary/aromatic N) is 2. The van der Waals surface area contributed by atoms with Gasteiger partial charge in [0.25, 0.3) is 5.91 Å². The fraction of sp³-hybridized carbons (Fsp3) is 0.261. The molecule has 1 aliphatic rings. The number of H-pyrrole nitrogens is 2. The van der Waals surface area contributed by atoms with Gasteiger partial charge in [0.05, 0.1) is 29.0 Å². The number of piperidine rings is 1. The van der Waals surface area contributed by atoms with Crippen molar-refractivity contribution in [3.63, 3.8) is 0 Å². The quantitative estimate of drug-likeness (QED) is 0.549. The second-order valence-corrected chi connectivity index (χ2v) is 7.62. The van der Waals surface area contributed by atoms with E-state index in [0.717, 1.165) is 29.7 Å². The fourth-order valence-corrected chi connectivity index (χ4v) is 4.25. The molecule has 3 heterocycles. The van der Waals surface area contributed by atoms with E-state index < -0.39 is 0 Å². The van der Waals surface area contributed by atoms with Crippen molar-refractivity contribution in [1.29, 1.82) is 0 Å². The van der Waals surface area contributed by atoms with Gasteiger partial charge in [0, 0.05) is 25.2 Å². The number of aromatic nitrogens is 3. The highest BCUT2D eigenvalue weighted by Gasteiger charge is 2.28. The minimum Gasteiger partial charge on any atom is -0.495 e. The highest BCUT2D eigenvalue weighted by atomic mass is 16.5. The van der Waals surface area contributed by atoms with Crippen molar-refractivity contribution in [3.8, 4) is 5.75 Å². The zero-order valence-electron chi connectivity index (χ0n) is 16.6. The van der Waals surface area contributed by atoms with Crippen LogP contribution in [-0.4, -0.2) is 46.0 Å². The van der Waals surface area contributed by atoms with Crippen LogP contribution >= 0.6 is 0 Å². The third-order valence-electron chi connectivity index (χ3n) is 5.90. The topological polar surface area (TPSA) is 91.1 Å².